The van der Waals surface area contributed by atoms with Crippen LogP contribution in [-0.4, -0.2) is 51.3 Å². The van der Waals surface area contributed by atoms with E-state index in [0.29, 0.717) is 17.5 Å². The summed E-state index contributed by atoms with van der Waals surface area (Å²) in [4.78, 5) is 44.5. The fourth-order valence-electron chi connectivity index (χ4n) is 6.13. The van der Waals surface area contributed by atoms with Crippen molar-refractivity contribution < 1.29 is 24.3 Å². The third-order valence-corrected chi connectivity index (χ3v) is 8.69. The minimum Gasteiger partial charge on any atom is -0.393 e. The molecule has 0 unspecified atom stereocenters. The Bertz CT molecular complexity index is 2080. The number of aliphatic hydroxyl groups excluding tert-OH is 1. The van der Waals surface area contributed by atoms with Crippen molar-refractivity contribution in [3.63, 3.8) is 0 Å². The van der Waals surface area contributed by atoms with E-state index < -0.39 is 0 Å². The van der Waals surface area contributed by atoms with Crippen LogP contribution in [0.15, 0.2) is 109 Å². The van der Waals surface area contributed by atoms with Crippen molar-refractivity contribution in [2.45, 2.75) is 25.4 Å². The summed E-state index contributed by atoms with van der Waals surface area (Å²) in [5.41, 5.74) is 7.21. The number of aliphatic hydroxyl groups is 1. The molecule has 1 aliphatic rings. The van der Waals surface area contributed by atoms with Gasteiger partial charge in [0.05, 0.1) is 11.6 Å². The van der Waals surface area contributed by atoms with Gasteiger partial charge >= 0.3 is 6.15 Å². The normalized spacial score (nSPS) is 13.2. The molecular formula is C38H34N4O5. The van der Waals surface area contributed by atoms with Gasteiger partial charge in [-0.15, -0.1) is 0 Å². The first kappa shape index (κ1) is 31.2. The Morgan fingerprint density at radius 1 is 0.766 bits per heavy atom. The van der Waals surface area contributed by atoms with Crippen LogP contribution in [0.3, 0.4) is 0 Å². The number of rotatable bonds is 7. The van der Waals surface area contributed by atoms with Crippen LogP contribution < -0.4 is 10.2 Å². The first-order valence-electron chi connectivity index (χ1n) is 15.5. The van der Waals surface area contributed by atoms with Crippen molar-refractivity contribution in [3.8, 4) is 5.69 Å². The van der Waals surface area contributed by atoms with E-state index in [0.717, 1.165) is 70.4 Å². The van der Waals surface area contributed by atoms with E-state index >= 15 is 0 Å². The highest BCUT2D eigenvalue weighted by atomic mass is 16.3. The lowest BCUT2D eigenvalue weighted by Crippen LogP contribution is -2.35. The second-order valence-electron chi connectivity index (χ2n) is 11.7. The Balaban J connectivity index is 0.00000124. The number of nitrogens with one attached hydrogen (secondary N) is 1. The lowest BCUT2D eigenvalue weighted by molar-refractivity contribution is -0.191. The van der Waals surface area contributed by atoms with E-state index in [1.54, 1.807) is 0 Å². The van der Waals surface area contributed by atoms with Crippen molar-refractivity contribution in [1.82, 2.24) is 9.13 Å². The van der Waals surface area contributed by atoms with Gasteiger partial charge in [-0.05, 0) is 115 Å². The van der Waals surface area contributed by atoms with Gasteiger partial charge in [0.15, 0.2) is 5.78 Å². The summed E-state index contributed by atoms with van der Waals surface area (Å²) in [7, 11) is 2.02. The molecule has 0 bridgehead atoms. The quantitative estimate of drug-likeness (QED) is 0.205. The van der Waals surface area contributed by atoms with E-state index in [9.17, 15) is 14.7 Å². The van der Waals surface area contributed by atoms with Crippen LogP contribution in [0.25, 0.3) is 27.5 Å². The zero-order valence-electron chi connectivity index (χ0n) is 25.9. The van der Waals surface area contributed by atoms with E-state index in [1.807, 2.05) is 98.3 Å². The molecular weight excluding hydrogens is 592 g/mol. The highest BCUT2D eigenvalue weighted by Gasteiger charge is 2.18. The zero-order chi connectivity index (χ0) is 32.9. The van der Waals surface area contributed by atoms with Crippen LogP contribution in [0, 0.1) is 0 Å². The minimum atomic E-state index is -0.214. The number of piperidine rings is 1. The maximum Gasteiger partial charge on any atom is 0.373 e. The summed E-state index contributed by atoms with van der Waals surface area (Å²) in [5.74, 6) is -0.0705. The molecule has 2 aromatic heterocycles. The molecule has 0 spiro atoms. The van der Waals surface area contributed by atoms with Crippen LogP contribution in [0.2, 0.25) is 0 Å². The lowest BCUT2D eigenvalue weighted by atomic mass is 10.0. The van der Waals surface area contributed by atoms with Gasteiger partial charge in [-0.2, -0.15) is 9.59 Å². The van der Waals surface area contributed by atoms with Crippen molar-refractivity contribution >= 4 is 51.0 Å². The second kappa shape index (κ2) is 13.7. The third-order valence-electron chi connectivity index (χ3n) is 8.69. The summed E-state index contributed by atoms with van der Waals surface area (Å²) < 4.78 is 4.16. The van der Waals surface area contributed by atoms with Crippen molar-refractivity contribution in [2.24, 2.45) is 7.05 Å². The predicted molar refractivity (Wildman–Crippen MR) is 181 cm³/mol. The molecule has 2 N–H and O–H groups in total. The topological polar surface area (TPSA) is 114 Å². The molecule has 236 valence electrons. The van der Waals surface area contributed by atoms with E-state index in [4.69, 9.17) is 9.59 Å². The molecule has 9 heteroatoms. The third kappa shape index (κ3) is 6.92. The highest BCUT2D eigenvalue weighted by molar-refractivity contribution is 6.05. The molecule has 3 heterocycles. The Morgan fingerprint density at radius 3 is 2.11 bits per heavy atom. The molecule has 0 saturated carbocycles. The number of anilines is 2. The van der Waals surface area contributed by atoms with Crippen LogP contribution >= 0.6 is 0 Å². The highest BCUT2D eigenvalue weighted by Crippen LogP contribution is 2.26. The summed E-state index contributed by atoms with van der Waals surface area (Å²) in [5, 5.41) is 14.9. The van der Waals surface area contributed by atoms with Crippen molar-refractivity contribution in [1.29, 1.82) is 0 Å². The maximum absolute atomic E-state index is 13.0. The minimum absolute atomic E-state index is 0.0885. The lowest BCUT2D eigenvalue weighted by Gasteiger charge is -2.31. The first-order chi connectivity index (χ1) is 22.8. The molecule has 6 aromatic rings. The summed E-state index contributed by atoms with van der Waals surface area (Å²) in [6, 6.07) is 31.5. The number of carbonyl (C=O) groups is 2. The summed E-state index contributed by atoms with van der Waals surface area (Å²) in [6.45, 7) is 1.64. The average Bonchev–Trinajstić information content (AvgIpc) is 3.68. The number of fused-ring (bicyclic) bond motifs is 2. The zero-order valence-corrected chi connectivity index (χ0v) is 25.9. The number of benzene rings is 4. The van der Waals surface area contributed by atoms with Crippen LogP contribution in [0.5, 0.6) is 0 Å². The van der Waals surface area contributed by atoms with Crippen molar-refractivity contribution in [3.05, 3.63) is 126 Å². The van der Waals surface area contributed by atoms with Gasteiger partial charge in [-0.3, -0.25) is 9.59 Å². The average molecular weight is 627 g/mol. The van der Waals surface area contributed by atoms with Crippen molar-refractivity contribution in [2.75, 3.05) is 23.3 Å². The Labute approximate surface area is 271 Å². The molecule has 1 aliphatic heterocycles. The largest absolute Gasteiger partial charge is 0.393 e. The first-order valence-corrected chi connectivity index (χ1v) is 15.5. The second-order valence-corrected chi connectivity index (χ2v) is 11.7. The summed E-state index contributed by atoms with van der Waals surface area (Å²) >= 11 is 0. The number of hydrogen-bond acceptors (Lipinski definition) is 6. The van der Waals surface area contributed by atoms with Gasteiger partial charge in [-0.1, -0.05) is 6.07 Å². The molecule has 47 heavy (non-hydrogen) atoms. The van der Waals surface area contributed by atoms with Crippen LogP contribution in [-0.2, 0) is 23.1 Å². The fraction of sp³-hybridized carbons (Fsp3) is 0.184. The molecule has 0 aliphatic carbocycles. The van der Waals surface area contributed by atoms with Gasteiger partial charge in [0.1, 0.15) is 0 Å². The van der Waals surface area contributed by atoms with Gasteiger partial charge < -0.3 is 24.5 Å². The van der Waals surface area contributed by atoms with Gasteiger partial charge in [0.25, 0.3) is 5.91 Å². The number of aromatic nitrogens is 2. The van der Waals surface area contributed by atoms with Crippen LogP contribution in [0.4, 0.5) is 11.4 Å². The SMILES string of the molecule is Cn1ccc2cc(CC(=O)c3ccc(-n4ccc5cc(NC(=O)c6ccc(N7CCC(O)CC7)cc6)ccc54)cc3)ccc21.O=C=O. The predicted octanol–water partition coefficient (Wildman–Crippen LogP) is 6.18. The number of aryl methyl sites for hydroxylation is 1. The fourth-order valence-corrected chi connectivity index (χ4v) is 6.13. The van der Waals surface area contributed by atoms with E-state index in [1.165, 1.54) is 0 Å². The molecule has 1 fully saturated rings. The number of ketones is 1. The summed E-state index contributed by atoms with van der Waals surface area (Å²) in [6.07, 6.45) is 5.96. The molecule has 0 radical (unpaired) electrons. The Hall–Kier alpha value is -5.76. The smallest absolute Gasteiger partial charge is 0.373 e. The molecule has 0 atom stereocenters. The monoisotopic (exact) mass is 626 g/mol. The number of carbonyl (C=O) groups excluding carboxylic acids is 4. The number of hydrogen-bond donors (Lipinski definition) is 2. The molecule has 1 saturated heterocycles. The number of Topliss-reactive ketones (excluding diaryl/α,β-unsaturated/α-hetero) is 1. The Kier molecular flexibility index (Phi) is 9.11. The van der Waals surface area contributed by atoms with Crippen LogP contribution in [0.1, 0.15) is 39.1 Å². The van der Waals surface area contributed by atoms with E-state index in [2.05, 4.69) is 37.5 Å². The van der Waals surface area contributed by atoms with Gasteiger partial charge in [0, 0.05) is 78.0 Å². The molecule has 9 nitrogen and oxygen atoms in total. The number of amides is 1. The maximum atomic E-state index is 13.0. The molecule has 1 amide bonds. The van der Waals surface area contributed by atoms with Gasteiger partial charge in [0.2, 0.25) is 0 Å². The van der Waals surface area contributed by atoms with E-state index in [-0.39, 0.29) is 23.9 Å². The Morgan fingerprint density at radius 2 is 1.38 bits per heavy atom. The molecule has 7 rings (SSSR count). The standard InChI is InChI=1S/C37H34N4O3.CO2/c1-39-18-14-28-22-25(2-12-34(28)39)23-36(43)26-3-10-32(11-4-26)41-21-15-29-24-30(7-13-35(29)41)38-37(44)27-5-8-31(9-6-27)40-19-16-33(42)17-20-40;2-1-3/h2-15,18,21-22,24,33,42H,16-17,19-20,23H2,1H3,(H,38,44);. The van der Waals surface area contributed by atoms with Gasteiger partial charge in [-0.25, -0.2) is 0 Å². The number of nitrogens with zero attached hydrogens (tertiary/aromatic N) is 3. The molecule has 4 aromatic carbocycles.